The summed E-state index contributed by atoms with van der Waals surface area (Å²) in [4.78, 5) is 0. The van der Waals surface area contributed by atoms with Crippen molar-refractivity contribution in [2.75, 3.05) is 0 Å². The van der Waals surface area contributed by atoms with Crippen molar-refractivity contribution in [1.82, 2.24) is 0 Å². The van der Waals surface area contributed by atoms with Gasteiger partial charge in [0.2, 0.25) is 0 Å². The Hall–Kier alpha value is -1.16. The number of benzene rings is 1. The van der Waals surface area contributed by atoms with Gasteiger partial charge in [-0.2, -0.15) is 0 Å². The lowest BCUT2D eigenvalue weighted by Gasteiger charge is -2.12. The second kappa shape index (κ2) is 3.70. The quantitative estimate of drug-likeness (QED) is 0.744. The molecule has 0 saturated carbocycles. The summed E-state index contributed by atoms with van der Waals surface area (Å²) < 4.78 is 25.6. The average Bonchev–Trinajstić information content (AvgIpc) is 2.02. The molecule has 0 aliphatic heterocycles. The summed E-state index contributed by atoms with van der Waals surface area (Å²) in [7, 11) is 0. The monoisotopic (exact) mass is 187 g/mol. The first-order chi connectivity index (χ1) is 6.06. The molecule has 0 bridgehead atoms. The van der Waals surface area contributed by atoms with Crippen LogP contribution in [-0.2, 0) is 0 Å². The number of aromatic hydroxyl groups is 1. The fourth-order valence-electron chi connectivity index (χ4n) is 1.14. The van der Waals surface area contributed by atoms with Crippen LogP contribution in [0.3, 0.4) is 0 Å². The van der Waals surface area contributed by atoms with Gasteiger partial charge >= 0.3 is 0 Å². The fraction of sp³-hybridized carbons (Fsp3) is 0.333. The van der Waals surface area contributed by atoms with Crippen LogP contribution in [0, 0.1) is 11.6 Å². The summed E-state index contributed by atoms with van der Waals surface area (Å²) in [6.07, 6.45) is 0.482. The molecule has 1 rings (SSSR count). The fourth-order valence-corrected chi connectivity index (χ4v) is 1.14. The maximum Gasteiger partial charge on any atom is 0.134 e. The molecular formula is C9H11F2NO. The zero-order valence-electron chi connectivity index (χ0n) is 7.22. The first kappa shape index (κ1) is 9.92. The topological polar surface area (TPSA) is 46.2 Å². The Kier molecular flexibility index (Phi) is 2.83. The Bertz CT molecular complexity index is 291. The Labute approximate surface area is 75.0 Å². The molecule has 4 heteroatoms. The van der Waals surface area contributed by atoms with E-state index in [1.807, 2.05) is 0 Å². The van der Waals surface area contributed by atoms with E-state index in [9.17, 15) is 13.9 Å². The number of halogens is 2. The van der Waals surface area contributed by atoms with Crippen molar-refractivity contribution in [2.24, 2.45) is 5.73 Å². The van der Waals surface area contributed by atoms with E-state index in [1.165, 1.54) is 0 Å². The van der Waals surface area contributed by atoms with Gasteiger partial charge < -0.3 is 10.8 Å². The largest absolute Gasteiger partial charge is 0.507 e. The number of nitrogens with two attached hydrogens (primary N) is 1. The smallest absolute Gasteiger partial charge is 0.134 e. The normalized spacial score (nSPS) is 12.9. The SMILES string of the molecule is CCC(N)c1c(O)cc(F)cc1F. The van der Waals surface area contributed by atoms with Gasteiger partial charge in [-0.15, -0.1) is 0 Å². The lowest BCUT2D eigenvalue weighted by molar-refractivity contribution is 0.438. The van der Waals surface area contributed by atoms with Crippen molar-refractivity contribution in [3.8, 4) is 5.75 Å². The van der Waals surface area contributed by atoms with Crippen LogP contribution in [0.1, 0.15) is 24.9 Å². The highest BCUT2D eigenvalue weighted by Gasteiger charge is 2.15. The van der Waals surface area contributed by atoms with E-state index >= 15 is 0 Å². The maximum absolute atomic E-state index is 13.1. The van der Waals surface area contributed by atoms with Gasteiger partial charge in [0.15, 0.2) is 0 Å². The molecule has 0 aliphatic rings. The lowest BCUT2D eigenvalue weighted by Crippen LogP contribution is -2.11. The summed E-state index contributed by atoms with van der Waals surface area (Å²) in [5.41, 5.74) is 5.50. The molecule has 72 valence electrons. The van der Waals surface area contributed by atoms with Crippen molar-refractivity contribution in [1.29, 1.82) is 0 Å². The molecule has 0 fully saturated rings. The summed E-state index contributed by atoms with van der Waals surface area (Å²) in [5.74, 6) is -2.03. The third kappa shape index (κ3) is 1.95. The summed E-state index contributed by atoms with van der Waals surface area (Å²) in [6.45, 7) is 1.76. The van der Waals surface area contributed by atoms with Crippen LogP contribution in [0.4, 0.5) is 8.78 Å². The van der Waals surface area contributed by atoms with Crippen molar-refractivity contribution < 1.29 is 13.9 Å². The molecule has 0 aromatic heterocycles. The number of rotatable bonds is 2. The van der Waals surface area contributed by atoms with E-state index in [4.69, 9.17) is 5.73 Å². The second-order valence-corrected chi connectivity index (χ2v) is 2.84. The molecule has 2 nitrogen and oxygen atoms in total. The average molecular weight is 187 g/mol. The van der Waals surface area contributed by atoms with Gasteiger partial charge in [0.05, 0.1) is 0 Å². The third-order valence-electron chi connectivity index (χ3n) is 1.88. The highest BCUT2D eigenvalue weighted by Crippen LogP contribution is 2.28. The highest BCUT2D eigenvalue weighted by atomic mass is 19.1. The lowest BCUT2D eigenvalue weighted by atomic mass is 10.0. The van der Waals surface area contributed by atoms with E-state index < -0.39 is 23.4 Å². The summed E-state index contributed by atoms with van der Waals surface area (Å²) in [6, 6.07) is 0.971. The first-order valence-electron chi connectivity index (χ1n) is 3.99. The molecule has 1 aromatic carbocycles. The molecule has 13 heavy (non-hydrogen) atoms. The van der Waals surface area contributed by atoms with Gasteiger partial charge in [-0.05, 0) is 6.42 Å². The molecule has 0 spiro atoms. The number of hydrogen-bond acceptors (Lipinski definition) is 2. The standard InChI is InChI=1S/C9H11F2NO/c1-2-7(12)9-6(11)3-5(10)4-8(9)13/h3-4,7,13H,2,12H2,1H3. The number of hydrogen-bond donors (Lipinski definition) is 2. The van der Waals surface area contributed by atoms with Crippen LogP contribution in [0.5, 0.6) is 5.75 Å². The molecule has 1 unspecified atom stereocenters. The predicted octanol–water partition coefficient (Wildman–Crippen LogP) is 2.08. The Balaban J connectivity index is 3.20. The Morgan fingerprint density at radius 2 is 2.08 bits per heavy atom. The molecule has 0 heterocycles. The van der Waals surface area contributed by atoms with Gasteiger partial charge in [-0.3, -0.25) is 0 Å². The molecule has 0 amide bonds. The predicted molar refractivity (Wildman–Crippen MR) is 45.2 cm³/mol. The molecular weight excluding hydrogens is 176 g/mol. The van der Waals surface area contributed by atoms with E-state index in [0.717, 1.165) is 6.07 Å². The van der Waals surface area contributed by atoms with Crippen molar-refractivity contribution in [2.45, 2.75) is 19.4 Å². The first-order valence-corrected chi connectivity index (χ1v) is 3.99. The van der Waals surface area contributed by atoms with Gasteiger partial charge in [-0.1, -0.05) is 6.92 Å². The molecule has 0 saturated heterocycles. The highest BCUT2D eigenvalue weighted by molar-refractivity contribution is 5.36. The zero-order chi connectivity index (χ0) is 10.0. The van der Waals surface area contributed by atoms with E-state index in [0.29, 0.717) is 12.5 Å². The van der Waals surface area contributed by atoms with E-state index in [1.54, 1.807) is 6.92 Å². The van der Waals surface area contributed by atoms with Gasteiger partial charge in [0.25, 0.3) is 0 Å². The minimum atomic E-state index is -0.804. The van der Waals surface area contributed by atoms with Crippen molar-refractivity contribution >= 4 is 0 Å². The van der Waals surface area contributed by atoms with Crippen LogP contribution in [0.25, 0.3) is 0 Å². The van der Waals surface area contributed by atoms with E-state index in [-0.39, 0.29) is 5.56 Å². The Morgan fingerprint density at radius 3 is 2.54 bits per heavy atom. The molecule has 0 radical (unpaired) electrons. The van der Waals surface area contributed by atoms with Crippen molar-refractivity contribution in [3.63, 3.8) is 0 Å². The van der Waals surface area contributed by atoms with Crippen LogP contribution < -0.4 is 5.73 Å². The molecule has 0 aliphatic carbocycles. The Morgan fingerprint density at radius 1 is 1.46 bits per heavy atom. The maximum atomic E-state index is 13.1. The van der Waals surface area contributed by atoms with Crippen LogP contribution >= 0.6 is 0 Å². The summed E-state index contributed by atoms with van der Waals surface area (Å²) in [5, 5.41) is 9.21. The number of phenols is 1. The van der Waals surface area contributed by atoms with E-state index in [2.05, 4.69) is 0 Å². The molecule has 1 atom stereocenters. The minimum absolute atomic E-state index is 0.0242. The minimum Gasteiger partial charge on any atom is -0.507 e. The van der Waals surface area contributed by atoms with Crippen LogP contribution in [-0.4, -0.2) is 5.11 Å². The molecule has 3 N–H and O–H groups in total. The third-order valence-corrected chi connectivity index (χ3v) is 1.88. The van der Waals surface area contributed by atoms with Gasteiger partial charge in [-0.25, -0.2) is 8.78 Å². The number of phenolic OH excluding ortho intramolecular Hbond substituents is 1. The summed E-state index contributed by atoms with van der Waals surface area (Å²) >= 11 is 0. The van der Waals surface area contributed by atoms with Crippen molar-refractivity contribution in [3.05, 3.63) is 29.3 Å². The zero-order valence-corrected chi connectivity index (χ0v) is 7.22. The second-order valence-electron chi connectivity index (χ2n) is 2.84. The van der Waals surface area contributed by atoms with Crippen LogP contribution in [0.15, 0.2) is 12.1 Å². The molecule has 1 aromatic rings. The van der Waals surface area contributed by atoms with Gasteiger partial charge in [0, 0.05) is 23.7 Å². The van der Waals surface area contributed by atoms with Crippen LogP contribution in [0.2, 0.25) is 0 Å². The van der Waals surface area contributed by atoms with Gasteiger partial charge in [0.1, 0.15) is 17.4 Å².